The van der Waals surface area contributed by atoms with Crippen LogP contribution in [0.15, 0.2) is 54.7 Å². The minimum atomic E-state index is -0.687. The first kappa shape index (κ1) is 23.7. The van der Waals surface area contributed by atoms with Crippen LogP contribution in [0.4, 0.5) is 4.39 Å². The molecule has 2 aromatic rings. The smallest absolute Gasteiger partial charge is 0.248 e. The molecule has 7 nitrogen and oxygen atoms in total. The van der Waals surface area contributed by atoms with Crippen molar-refractivity contribution in [2.24, 2.45) is 0 Å². The van der Waals surface area contributed by atoms with Gasteiger partial charge in [0.15, 0.2) is 0 Å². The van der Waals surface area contributed by atoms with E-state index in [-0.39, 0.29) is 36.1 Å². The second-order valence-corrected chi connectivity index (χ2v) is 9.58. The van der Waals surface area contributed by atoms with Gasteiger partial charge in [-0.15, -0.1) is 0 Å². The van der Waals surface area contributed by atoms with E-state index in [1.165, 1.54) is 17.7 Å². The Bertz CT molecular complexity index is 1140. The number of hydrogen-bond acceptors (Lipinski definition) is 5. The van der Waals surface area contributed by atoms with Gasteiger partial charge < -0.3 is 15.3 Å². The van der Waals surface area contributed by atoms with E-state index in [0.29, 0.717) is 13.1 Å². The molecule has 4 atom stereocenters. The van der Waals surface area contributed by atoms with Crippen molar-refractivity contribution in [3.63, 3.8) is 0 Å². The van der Waals surface area contributed by atoms with Crippen LogP contribution in [0, 0.1) is 5.82 Å². The maximum Gasteiger partial charge on any atom is 0.248 e. The molecule has 3 aliphatic rings. The average Bonchev–Trinajstić information content (AvgIpc) is 2.87. The van der Waals surface area contributed by atoms with Crippen molar-refractivity contribution >= 4 is 11.8 Å². The molecule has 2 aromatic carbocycles. The van der Waals surface area contributed by atoms with Gasteiger partial charge in [0.05, 0.1) is 6.54 Å². The number of nitrogens with one attached hydrogen (secondary N) is 2. The molecule has 3 heterocycles. The Morgan fingerprint density at radius 2 is 2.00 bits per heavy atom. The topological polar surface area (TPSA) is 84.9 Å². The number of hydrogen-bond donors (Lipinski definition) is 3. The lowest BCUT2D eigenvalue weighted by atomic mass is 9.85. The Balaban J connectivity index is 1.17. The summed E-state index contributed by atoms with van der Waals surface area (Å²) < 4.78 is 13.2. The molecule has 0 aromatic heterocycles. The molecule has 184 valence electrons. The number of carbonyl (C=O) groups is 2. The van der Waals surface area contributed by atoms with Crippen LogP contribution in [0.5, 0.6) is 0 Å². The Hall–Kier alpha value is -3.07. The summed E-state index contributed by atoms with van der Waals surface area (Å²) in [5.74, 6) is -0.468. The Kier molecular flexibility index (Phi) is 6.69. The largest absolute Gasteiger partial charge is 0.374 e. The number of nitrogens with zero attached hydrogens (tertiary/aromatic N) is 2. The molecule has 35 heavy (non-hydrogen) atoms. The highest BCUT2D eigenvalue weighted by Crippen LogP contribution is 2.37. The lowest BCUT2D eigenvalue weighted by molar-refractivity contribution is -0.134. The minimum Gasteiger partial charge on any atom is -0.374 e. The van der Waals surface area contributed by atoms with Crippen LogP contribution in [0.1, 0.15) is 53.8 Å². The summed E-state index contributed by atoms with van der Waals surface area (Å²) in [6.45, 7) is 3.76. The third kappa shape index (κ3) is 4.87. The minimum absolute atomic E-state index is 0.0172. The van der Waals surface area contributed by atoms with E-state index in [1.54, 1.807) is 30.2 Å². The summed E-state index contributed by atoms with van der Waals surface area (Å²) in [5.41, 5.74) is 4.25. The summed E-state index contributed by atoms with van der Waals surface area (Å²) in [6.07, 6.45) is 4.60. The van der Waals surface area contributed by atoms with Gasteiger partial charge in [-0.1, -0.05) is 36.4 Å². The molecule has 0 saturated heterocycles. The highest BCUT2D eigenvalue weighted by molar-refractivity contribution is 5.88. The average molecular weight is 479 g/mol. The molecule has 2 amide bonds. The van der Waals surface area contributed by atoms with Crippen molar-refractivity contribution in [3.8, 4) is 0 Å². The van der Waals surface area contributed by atoms with Gasteiger partial charge in [0.1, 0.15) is 18.1 Å². The standard InChI is InChI=1S/C27H31FN4O3/c1-17(27(35)31-12-9-19(10-13-31)18-5-7-21(28)8-6-18)30-24(33)16-32-14-11-20-3-2-4-22-25(20)23(32)15-29-26(22)34/h2-9,12,17,19,23,26,29,34H,10-11,13-16H2,1H3,(H,30,33)/t17-,19-,23-,26+/m0/s1. The van der Waals surface area contributed by atoms with Crippen molar-refractivity contribution in [2.45, 2.75) is 44.0 Å². The lowest BCUT2D eigenvalue weighted by Crippen LogP contribution is -2.52. The highest BCUT2D eigenvalue weighted by Gasteiger charge is 2.35. The van der Waals surface area contributed by atoms with Crippen LogP contribution < -0.4 is 10.6 Å². The van der Waals surface area contributed by atoms with E-state index >= 15 is 0 Å². The fraction of sp³-hybridized carbons (Fsp3) is 0.407. The number of amides is 2. The normalized spacial score (nSPS) is 24.5. The number of aliphatic hydroxyl groups excluding tert-OH is 1. The van der Waals surface area contributed by atoms with Crippen LogP contribution in [-0.4, -0.2) is 58.9 Å². The van der Waals surface area contributed by atoms with E-state index in [4.69, 9.17) is 0 Å². The lowest BCUT2D eigenvalue weighted by Gasteiger charge is -2.42. The van der Waals surface area contributed by atoms with Crippen LogP contribution in [0.2, 0.25) is 0 Å². The van der Waals surface area contributed by atoms with E-state index in [2.05, 4.69) is 21.6 Å². The molecule has 0 aliphatic carbocycles. The maximum absolute atomic E-state index is 13.2. The number of rotatable bonds is 5. The molecule has 3 aliphatic heterocycles. The first-order valence-corrected chi connectivity index (χ1v) is 12.2. The van der Waals surface area contributed by atoms with Gasteiger partial charge in [0.2, 0.25) is 11.8 Å². The van der Waals surface area contributed by atoms with Crippen LogP contribution >= 0.6 is 0 Å². The summed E-state index contributed by atoms with van der Waals surface area (Å²) in [6, 6.07) is 11.8. The third-order valence-corrected chi connectivity index (χ3v) is 7.33. The maximum atomic E-state index is 13.2. The fourth-order valence-corrected chi connectivity index (χ4v) is 5.46. The number of carbonyl (C=O) groups excluding carboxylic acids is 2. The van der Waals surface area contributed by atoms with Gasteiger partial charge in [0.25, 0.3) is 0 Å². The van der Waals surface area contributed by atoms with Gasteiger partial charge in [-0.05, 0) is 48.6 Å². The molecule has 0 bridgehead atoms. The van der Waals surface area contributed by atoms with Crippen molar-refractivity contribution < 1.29 is 19.1 Å². The monoisotopic (exact) mass is 478 g/mol. The first-order chi connectivity index (χ1) is 16.9. The van der Waals surface area contributed by atoms with E-state index < -0.39 is 12.3 Å². The van der Waals surface area contributed by atoms with E-state index in [0.717, 1.165) is 36.1 Å². The van der Waals surface area contributed by atoms with Crippen molar-refractivity contribution in [1.82, 2.24) is 20.4 Å². The molecule has 5 rings (SSSR count). The van der Waals surface area contributed by atoms with Gasteiger partial charge in [-0.2, -0.15) is 0 Å². The van der Waals surface area contributed by atoms with Crippen LogP contribution in [0.25, 0.3) is 0 Å². The zero-order valence-electron chi connectivity index (χ0n) is 19.8. The molecular formula is C27H31FN4O3. The molecule has 0 spiro atoms. The SMILES string of the molecule is C[C@H](NC(=O)CN1CCc2cccc3c2[C@@H]1CN[C@@H]3O)C(=O)N1C=C[C@H](c2ccc(F)cc2)CC1. The molecule has 0 fully saturated rings. The summed E-state index contributed by atoms with van der Waals surface area (Å²) in [7, 11) is 0. The second-order valence-electron chi connectivity index (χ2n) is 9.58. The van der Waals surface area contributed by atoms with Gasteiger partial charge in [-0.25, -0.2) is 4.39 Å². The predicted octanol–water partition coefficient (Wildman–Crippen LogP) is 2.35. The summed E-state index contributed by atoms with van der Waals surface area (Å²) in [4.78, 5) is 29.6. The molecule has 8 heteroatoms. The quantitative estimate of drug-likeness (QED) is 0.615. The zero-order chi connectivity index (χ0) is 24.5. The number of allylic oxidation sites excluding steroid dienone is 1. The Morgan fingerprint density at radius 1 is 1.20 bits per heavy atom. The Labute approximate surface area is 204 Å². The molecule has 3 N–H and O–H groups in total. The van der Waals surface area contributed by atoms with E-state index in [9.17, 15) is 19.1 Å². The van der Waals surface area contributed by atoms with Crippen molar-refractivity contribution in [3.05, 3.63) is 82.8 Å². The van der Waals surface area contributed by atoms with Crippen LogP contribution in [-0.2, 0) is 16.0 Å². The second kappa shape index (κ2) is 9.89. The zero-order valence-corrected chi connectivity index (χ0v) is 19.8. The van der Waals surface area contributed by atoms with E-state index in [1.807, 2.05) is 18.2 Å². The molecule has 0 saturated carbocycles. The first-order valence-electron chi connectivity index (χ1n) is 12.2. The third-order valence-electron chi connectivity index (χ3n) is 7.33. The number of aliphatic hydroxyl groups is 1. The summed E-state index contributed by atoms with van der Waals surface area (Å²) in [5, 5.41) is 16.3. The molecule has 0 radical (unpaired) electrons. The van der Waals surface area contributed by atoms with Crippen molar-refractivity contribution in [2.75, 3.05) is 26.2 Å². The number of halogens is 1. The highest BCUT2D eigenvalue weighted by atomic mass is 19.1. The predicted molar refractivity (Wildman–Crippen MR) is 130 cm³/mol. The van der Waals surface area contributed by atoms with Gasteiger partial charge in [0, 0.05) is 43.4 Å². The Morgan fingerprint density at radius 3 is 2.74 bits per heavy atom. The summed E-state index contributed by atoms with van der Waals surface area (Å²) >= 11 is 0. The van der Waals surface area contributed by atoms with Gasteiger partial charge in [-0.3, -0.25) is 19.8 Å². The molecule has 0 unspecified atom stereocenters. The molecular weight excluding hydrogens is 447 g/mol. The van der Waals surface area contributed by atoms with Crippen molar-refractivity contribution in [1.29, 1.82) is 0 Å². The fourth-order valence-electron chi connectivity index (χ4n) is 5.46. The van der Waals surface area contributed by atoms with Crippen LogP contribution in [0.3, 0.4) is 0 Å². The number of benzene rings is 2. The van der Waals surface area contributed by atoms with Gasteiger partial charge >= 0.3 is 0 Å².